The van der Waals surface area contributed by atoms with Crippen LogP contribution in [-0.2, 0) is 4.74 Å². The van der Waals surface area contributed by atoms with E-state index in [4.69, 9.17) is 10.5 Å². The van der Waals surface area contributed by atoms with E-state index in [1.54, 1.807) is 0 Å². The normalized spacial score (nSPS) is 15.6. The summed E-state index contributed by atoms with van der Waals surface area (Å²) in [4.78, 5) is 11.5. The molecule has 0 spiro atoms. The fourth-order valence-corrected chi connectivity index (χ4v) is 1.45. The number of anilines is 1. The van der Waals surface area contributed by atoms with Gasteiger partial charge < -0.3 is 10.5 Å². The molecule has 0 saturated heterocycles. The second kappa shape index (κ2) is 4.08. The van der Waals surface area contributed by atoms with Crippen molar-refractivity contribution in [2.24, 2.45) is 0 Å². The maximum atomic E-state index is 13.4. The van der Waals surface area contributed by atoms with Crippen LogP contribution in [0, 0.1) is 11.6 Å². The third-order valence-corrected chi connectivity index (χ3v) is 2.65. The van der Waals surface area contributed by atoms with Crippen molar-refractivity contribution in [3.05, 3.63) is 29.3 Å². The molecule has 1 fully saturated rings. The molecule has 0 aromatic heterocycles. The molecule has 0 radical (unpaired) electrons. The van der Waals surface area contributed by atoms with Crippen molar-refractivity contribution >= 4 is 11.7 Å². The van der Waals surface area contributed by atoms with Crippen LogP contribution in [0.4, 0.5) is 14.5 Å². The van der Waals surface area contributed by atoms with E-state index in [1.807, 2.05) is 0 Å². The van der Waals surface area contributed by atoms with Crippen molar-refractivity contribution in [1.29, 1.82) is 0 Å². The van der Waals surface area contributed by atoms with Crippen LogP contribution in [-0.4, -0.2) is 12.1 Å². The van der Waals surface area contributed by atoms with Crippen LogP contribution in [0.15, 0.2) is 12.1 Å². The molecular formula is C11H11F2NO2. The Morgan fingerprint density at radius 1 is 1.38 bits per heavy atom. The van der Waals surface area contributed by atoms with Gasteiger partial charge in [0.05, 0.1) is 5.69 Å². The summed E-state index contributed by atoms with van der Waals surface area (Å²) in [5, 5.41) is 0. The number of hydrogen-bond donors (Lipinski definition) is 1. The van der Waals surface area contributed by atoms with Crippen molar-refractivity contribution in [3.8, 4) is 0 Å². The lowest BCUT2D eigenvalue weighted by Gasteiger charge is -2.25. The van der Waals surface area contributed by atoms with Crippen LogP contribution in [0.2, 0.25) is 0 Å². The summed E-state index contributed by atoms with van der Waals surface area (Å²) in [6.45, 7) is 0. The van der Waals surface area contributed by atoms with Crippen molar-refractivity contribution in [1.82, 2.24) is 0 Å². The first-order valence-corrected chi connectivity index (χ1v) is 5.04. The summed E-state index contributed by atoms with van der Waals surface area (Å²) in [5.74, 6) is -2.98. The van der Waals surface area contributed by atoms with Crippen LogP contribution < -0.4 is 5.73 Å². The van der Waals surface area contributed by atoms with Gasteiger partial charge in [0.2, 0.25) is 0 Å². The van der Waals surface area contributed by atoms with Crippen molar-refractivity contribution in [2.75, 3.05) is 5.73 Å². The van der Waals surface area contributed by atoms with Gasteiger partial charge in [0.25, 0.3) is 0 Å². The molecule has 0 unspecified atom stereocenters. The van der Waals surface area contributed by atoms with Crippen molar-refractivity contribution in [2.45, 2.75) is 25.4 Å². The number of ether oxygens (including phenoxy) is 1. The molecule has 0 amide bonds. The van der Waals surface area contributed by atoms with Gasteiger partial charge in [-0.15, -0.1) is 0 Å². The molecule has 5 heteroatoms. The Balaban J connectivity index is 2.24. The van der Waals surface area contributed by atoms with Gasteiger partial charge in [0.1, 0.15) is 17.5 Å². The van der Waals surface area contributed by atoms with Gasteiger partial charge in [0.15, 0.2) is 5.82 Å². The summed E-state index contributed by atoms with van der Waals surface area (Å²) in [6, 6.07) is 2.03. The van der Waals surface area contributed by atoms with E-state index in [1.165, 1.54) is 0 Å². The molecule has 16 heavy (non-hydrogen) atoms. The Bertz CT molecular complexity index is 430. The highest BCUT2D eigenvalue weighted by Crippen LogP contribution is 2.25. The predicted octanol–water partition coefficient (Wildman–Crippen LogP) is 2.26. The molecule has 3 nitrogen and oxygen atoms in total. The van der Waals surface area contributed by atoms with E-state index >= 15 is 0 Å². The molecule has 1 aliphatic rings. The number of halogens is 2. The van der Waals surface area contributed by atoms with E-state index in [0.29, 0.717) is 0 Å². The average molecular weight is 227 g/mol. The molecule has 1 aliphatic carbocycles. The van der Waals surface area contributed by atoms with Crippen LogP contribution in [0.25, 0.3) is 0 Å². The molecular weight excluding hydrogens is 216 g/mol. The average Bonchev–Trinajstić information content (AvgIpc) is 2.18. The lowest BCUT2D eigenvalue weighted by Crippen LogP contribution is -2.26. The van der Waals surface area contributed by atoms with Crippen molar-refractivity contribution in [3.63, 3.8) is 0 Å². The molecule has 0 atom stereocenters. The Morgan fingerprint density at radius 2 is 2.06 bits per heavy atom. The van der Waals surface area contributed by atoms with Gasteiger partial charge in [-0.1, -0.05) is 0 Å². The van der Waals surface area contributed by atoms with E-state index < -0.39 is 23.2 Å². The van der Waals surface area contributed by atoms with Crippen LogP contribution in [0.1, 0.15) is 29.6 Å². The van der Waals surface area contributed by atoms with E-state index in [9.17, 15) is 13.6 Å². The quantitative estimate of drug-likeness (QED) is 0.622. The number of nitrogens with two attached hydrogens (primary N) is 1. The number of nitrogen functional groups attached to an aromatic ring is 1. The lowest BCUT2D eigenvalue weighted by atomic mass is 9.96. The number of hydrogen-bond acceptors (Lipinski definition) is 3. The molecule has 2 N–H and O–H groups in total. The summed E-state index contributed by atoms with van der Waals surface area (Å²) >= 11 is 0. The van der Waals surface area contributed by atoms with Gasteiger partial charge in [0, 0.05) is 0 Å². The number of carbonyl (C=O) groups excluding carboxylic acids is 1. The fraction of sp³-hybridized carbons (Fsp3) is 0.364. The minimum atomic E-state index is -1.05. The molecule has 1 aromatic carbocycles. The van der Waals surface area contributed by atoms with Crippen LogP contribution >= 0.6 is 0 Å². The third-order valence-electron chi connectivity index (χ3n) is 2.65. The fourth-order valence-electron chi connectivity index (χ4n) is 1.45. The maximum Gasteiger partial charge on any atom is 0.344 e. The number of benzene rings is 1. The number of esters is 1. The smallest absolute Gasteiger partial charge is 0.344 e. The Kier molecular flexibility index (Phi) is 2.77. The highest BCUT2D eigenvalue weighted by Gasteiger charge is 2.26. The number of carbonyl (C=O) groups is 1. The molecule has 1 aromatic rings. The Morgan fingerprint density at radius 3 is 2.62 bits per heavy atom. The van der Waals surface area contributed by atoms with Crippen LogP contribution in [0.5, 0.6) is 0 Å². The molecule has 0 heterocycles. The summed E-state index contributed by atoms with van der Waals surface area (Å²) < 4.78 is 31.6. The Hall–Kier alpha value is -1.65. The summed E-state index contributed by atoms with van der Waals surface area (Å²) in [7, 11) is 0. The van der Waals surface area contributed by atoms with Crippen molar-refractivity contribution < 1.29 is 18.3 Å². The zero-order valence-electron chi connectivity index (χ0n) is 8.50. The molecule has 0 aliphatic heterocycles. The second-order valence-electron chi connectivity index (χ2n) is 3.78. The minimum Gasteiger partial charge on any atom is -0.459 e. The zero-order chi connectivity index (χ0) is 11.7. The first kappa shape index (κ1) is 10.9. The largest absolute Gasteiger partial charge is 0.459 e. The first-order chi connectivity index (χ1) is 7.59. The summed E-state index contributed by atoms with van der Waals surface area (Å²) in [6.07, 6.45) is 2.25. The molecule has 0 bridgehead atoms. The molecule has 2 rings (SSSR count). The van der Waals surface area contributed by atoms with Gasteiger partial charge in [-0.25, -0.2) is 13.6 Å². The van der Waals surface area contributed by atoms with Gasteiger partial charge in [-0.3, -0.25) is 0 Å². The second-order valence-corrected chi connectivity index (χ2v) is 3.78. The van der Waals surface area contributed by atoms with E-state index in [0.717, 1.165) is 31.4 Å². The predicted molar refractivity (Wildman–Crippen MR) is 53.8 cm³/mol. The van der Waals surface area contributed by atoms with Crippen LogP contribution in [0.3, 0.4) is 0 Å². The maximum absolute atomic E-state index is 13.4. The monoisotopic (exact) mass is 227 g/mol. The van der Waals surface area contributed by atoms with E-state index in [-0.39, 0.29) is 11.8 Å². The topological polar surface area (TPSA) is 52.3 Å². The minimum absolute atomic E-state index is 0.215. The zero-order valence-corrected chi connectivity index (χ0v) is 8.50. The highest BCUT2D eigenvalue weighted by molar-refractivity contribution is 5.91. The van der Waals surface area contributed by atoms with Gasteiger partial charge in [-0.05, 0) is 31.4 Å². The highest BCUT2D eigenvalue weighted by atomic mass is 19.1. The molecule has 1 saturated carbocycles. The SMILES string of the molecule is Nc1ccc(F)c(C(=O)OC2CCC2)c1F. The third kappa shape index (κ3) is 1.85. The lowest BCUT2D eigenvalue weighted by molar-refractivity contribution is 0.00805. The van der Waals surface area contributed by atoms with Gasteiger partial charge >= 0.3 is 5.97 Å². The molecule has 86 valence electrons. The first-order valence-electron chi connectivity index (χ1n) is 5.04. The van der Waals surface area contributed by atoms with Gasteiger partial charge in [-0.2, -0.15) is 0 Å². The standard InChI is InChI=1S/C11H11F2NO2/c12-7-4-5-8(14)10(13)9(7)11(15)16-6-2-1-3-6/h4-6H,1-3,14H2. The number of rotatable bonds is 2. The summed E-state index contributed by atoms with van der Waals surface area (Å²) in [5.41, 5.74) is 4.29. The Labute approximate surface area is 91.2 Å². The van der Waals surface area contributed by atoms with E-state index in [2.05, 4.69) is 0 Å².